The summed E-state index contributed by atoms with van der Waals surface area (Å²) in [5.74, 6) is 0.106. The van der Waals surface area contributed by atoms with Crippen LogP contribution in [0.4, 0.5) is 13.2 Å². The first-order valence-electron chi connectivity index (χ1n) is 6.18. The largest absolute Gasteiger partial charge is 0.492 e. The molecule has 1 aliphatic rings. The first kappa shape index (κ1) is 17.6. The molecule has 0 atom stereocenters. The summed E-state index contributed by atoms with van der Waals surface area (Å²) in [6, 6.07) is 4.39. The standard InChI is InChI=1S/C13H15F3N2O2.ClH/c14-13(15,16)9-1-3-10(4-2-9)20-8-7-18-11(19)12(17)5-6-12;/h1-4H,5-8,17H2,(H,18,19);1H. The summed E-state index contributed by atoms with van der Waals surface area (Å²) in [4.78, 5) is 11.5. The molecule has 118 valence electrons. The average Bonchev–Trinajstić information content (AvgIpc) is 3.13. The molecule has 8 heteroatoms. The van der Waals surface area contributed by atoms with Crippen molar-refractivity contribution in [3.05, 3.63) is 29.8 Å². The number of nitrogens with one attached hydrogen (secondary N) is 1. The Labute approximate surface area is 126 Å². The summed E-state index contributed by atoms with van der Waals surface area (Å²) in [5.41, 5.74) is 4.23. The second-order valence-corrected chi connectivity index (χ2v) is 4.78. The van der Waals surface area contributed by atoms with Crippen molar-refractivity contribution in [3.8, 4) is 5.75 Å². The molecule has 0 aliphatic heterocycles. The van der Waals surface area contributed by atoms with Crippen LogP contribution in [0.3, 0.4) is 0 Å². The number of benzene rings is 1. The molecule has 1 aromatic carbocycles. The third kappa shape index (κ3) is 4.78. The van der Waals surface area contributed by atoms with Crippen molar-refractivity contribution < 1.29 is 22.7 Å². The van der Waals surface area contributed by atoms with E-state index in [9.17, 15) is 18.0 Å². The molecular formula is C13H16ClF3N2O2. The number of carbonyl (C=O) groups is 1. The highest BCUT2D eigenvalue weighted by Crippen LogP contribution is 2.32. The Hall–Kier alpha value is -1.47. The number of amides is 1. The van der Waals surface area contributed by atoms with Crippen molar-refractivity contribution in [2.24, 2.45) is 5.73 Å². The molecular weight excluding hydrogens is 309 g/mol. The second-order valence-electron chi connectivity index (χ2n) is 4.78. The smallest absolute Gasteiger partial charge is 0.416 e. The summed E-state index contributed by atoms with van der Waals surface area (Å²) < 4.78 is 42.2. The maximum atomic E-state index is 12.3. The first-order valence-corrected chi connectivity index (χ1v) is 6.18. The molecule has 0 radical (unpaired) electrons. The summed E-state index contributed by atoms with van der Waals surface area (Å²) in [7, 11) is 0. The van der Waals surface area contributed by atoms with E-state index in [1.54, 1.807) is 0 Å². The lowest BCUT2D eigenvalue weighted by molar-refractivity contribution is -0.137. The van der Waals surface area contributed by atoms with Gasteiger partial charge in [0, 0.05) is 0 Å². The zero-order valence-corrected chi connectivity index (χ0v) is 11.9. The summed E-state index contributed by atoms with van der Waals surface area (Å²) in [6.07, 6.45) is -3.00. The van der Waals surface area contributed by atoms with E-state index in [0.717, 1.165) is 12.1 Å². The van der Waals surface area contributed by atoms with Gasteiger partial charge in [0.05, 0.1) is 17.6 Å². The van der Waals surface area contributed by atoms with Gasteiger partial charge in [-0.05, 0) is 37.1 Å². The summed E-state index contributed by atoms with van der Waals surface area (Å²) >= 11 is 0. The molecule has 0 bridgehead atoms. The highest BCUT2D eigenvalue weighted by atomic mass is 35.5. The van der Waals surface area contributed by atoms with E-state index >= 15 is 0 Å². The van der Waals surface area contributed by atoms with Gasteiger partial charge in [-0.1, -0.05) is 0 Å². The van der Waals surface area contributed by atoms with Gasteiger partial charge in [0.25, 0.3) is 0 Å². The van der Waals surface area contributed by atoms with Gasteiger partial charge >= 0.3 is 6.18 Å². The highest BCUT2D eigenvalue weighted by molar-refractivity contribution is 5.88. The quantitative estimate of drug-likeness (QED) is 0.815. The molecule has 1 aliphatic carbocycles. The number of carbonyl (C=O) groups excluding carboxylic acids is 1. The second kappa shape index (κ2) is 6.53. The molecule has 0 spiro atoms. The van der Waals surface area contributed by atoms with Gasteiger partial charge in [-0.3, -0.25) is 4.79 Å². The fraction of sp³-hybridized carbons (Fsp3) is 0.462. The van der Waals surface area contributed by atoms with Crippen LogP contribution in [0.5, 0.6) is 5.75 Å². The number of halogens is 4. The normalized spacial score (nSPS) is 15.8. The number of alkyl halides is 3. The van der Waals surface area contributed by atoms with Crippen molar-refractivity contribution in [3.63, 3.8) is 0 Å². The van der Waals surface area contributed by atoms with Crippen LogP contribution in [-0.2, 0) is 11.0 Å². The van der Waals surface area contributed by atoms with Gasteiger partial charge in [-0.2, -0.15) is 13.2 Å². The van der Waals surface area contributed by atoms with Gasteiger partial charge in [-0.25, -0.2) is 0 Å². The van der Waals surface area contributed by atoms with E-state index in [4.69, 9.17) is 10.5 Å². The number of hydrogen-bond donors (Lipinski definition) is 2. The van der Waals surface area contributed by atoms with Gasteiger partial charge in [-0.15, -0.1) is 12.4 Å². The molecule has 1 saturated carbocycles. The van der Waals surface area contributed by atoms with Crippen molar-refractivity contribution in [1.29, 1.82) is 0 Å². The van der Waals surface area contributed by atoms with Crippen LogP contribution in [0.1, 0.15) is 18.4 Å². The lowest BCUT2D eigenvalue weighted by Gasteiger charge is -2.11. The third-order valence-corrected chi connectivity index (χ3v) is 3.08. The SMILES string of the molecule is Cl.NC1(C(=O)NCCOc2ccc(C(F)(F)F)cc2)CC1. The molecule has 1 aromatic rings. The molecule has 0 aromatic heterocycles. The monoisotopic (exact) mass is 324 g/mol. The Kier molecular flexibility index (Phi) is 5.47. The molecule has 0 heterocycles. The van der Waals surface area contributed by atoms with Crippen LogP contribution in [0, 0.1) is 0 Å². The van der Waals surface area contributed by atoms with Gasteiger partial charge in [0.1, 0.15) is 12.4 Å². The minimum absolute atomic E-state index is 0. The van der Waals surface area contributed by atoms with Crippen LogP contribution >= 0.6 is 12.4 Å². The third-order valence-electron chi connectivity index (χ3n) is 3.08. The predicted molar refractivity (Wildman–Crippen MR) is 73.3 cm³/mol. The number of ether oxygens (including phenoxy) is 1. The fourth-order valence-corrected chi connectivity index (χ4v) is 1.61. The Morgan fingerprint density at radius 3 is 2.33 bits per heavy atom. The maximum Gasteiger partial charge on any atom is 0.416 e. The lowest BCUT2D eigenvalue weighted by atomic mass is 10.2. The number of rotatable bonds is 5. The van der Waals surface area contributed by atoms with Crippen molar-refractivity contribution >= 4 is 18.3 Å². The topological polar surface area (TPSA) is 64.4 Å². The van der Waals surface area contributed by atoms with E-state index in [1.807, 2.05) is 0 Å². The molecule has 1 amide bonds. The van der Waals surface area contributed by atoms with Crippen LogP contribution in [0.15, 0.2) is 24.3 Å². The Morgan fingerprint density at radius 2 is 1.86 bits per heavy atom. The first-order chi connectivity index (χ1) is 9.31. The van der Waals surface area contributed by atoms with Crippen LogP contribution in [0.25, 0.3) is 0 Å². The van der Waals surface area contributed by atoms with E-state index < -0.39 is 17.3 Å². The van der Waals surface area contributed by atoms with Crippen molar-refractivity contribution in [2.45, 2.75) is 24.6 Å². The van der Waals surface area contributed by atoms with Crippen LogP contribution in [0.2, 0.25) is 0 Å². The average molecular weight is 325 g/mol. The summed E-state index contributed by atoms with van der Waals surface area (Å²) in [6.45, 7) is 0.436. The molecule has 4 nitrogen and oxygen atoms in total. The minimum Gasteiger partial charge on any atom is -0.492 e. The number of nitrogens with two attached hydrogens (primary N) is 1. The zero-order chi connectivity index (χ0) is 14.8. The molecule has 0 saturated heterocycles. The molecule has 1 fully saturated rings. The molecule has 3 N–H and O–H groups in total. The van der Waals surface area contributed by atoms with E-state index in [2.05, 4.69) is 5.32 Å². The Bertz CT molecular complexity index is 487. The van der Waals surface area contributed by atoms with E-state index in [-0.39, 0.29) is 31.5 Å². The molecule has 21 heavy (non-hydrogen) atoms. The minimum atomic E-state index is -4.35. The Morgan fingerprint density at radius 1 is 1.29 bits per heavy atom. The predicted octanol–water partition coefficient (Wildman–Crippen LogP) is 2.11. The van der Waals surface area contributed by atoms with E-state index in [0.29, 0.717) is 18.6 Å². The highest BCUT2D eigenvalue weighted by Gasteiger charge is 2.45. The van der Waals surface area contributed by atoms with Gasteiger partial charge < -0.3 is 15.8 Å². The van der Waals surface area contributed by atoms with Crippen LogP contribution < -0.4 is 15.8 Å². The zero-order valence-electron chi connectivity index (χ0n) is 11.1. The van der Waals surface area contributed by atoms with Gasteiger partial charge in [0.2, 0.25) is 5.91 Å². The Balaban J connectivity index is 0.00000220. The number of hydrogen-bond acceptors (Lipinski definition) is 3. The van der Waals surface area contributed by atoms with Gasteiger partial charge in [0.15, 0.2) is 0 Å². The maximum absolute atomic E-state index is 12.3. The van der Waals surface area contributed by atoms with Crippen molar-refractivity contribution in [1.82, 2.24) is 5.32 Å². The van der Waals surface area contributed by atoms with Crippen molar-refractivity contribution in [2.75, 3.05) is 13.2 Å². The van der Waals surface area contributed by atoms with Crippen LogP contribution in [-0.4, -0.2) is 24.6 Å². The summed E-state index contributed by atoms with van der Waals surface area (Å²) in [5, 5.41) is 2.62. The van der Waals surface area contributed by atoms with E-state index in [1.165, 1.54) is 12.1 Å². The molecule has 0 unspecified atom stereocenters. The fourth-order valence-electron chi connectivity index (χ4n) is 1.61. The lowest BCUT2D eigenvalue weighted by Crippen LogP contribution is -2.44. The molecule has 2 rings (SSSR count).